The Morgan fingerprint density at radius 2 is 2.17 bits per heavy atom. The topological polar surface area (TPSA) is 49.4 Å². The normalized spacial score (nSPS) is 20.0. The maximum Gasteiger partial charge on any atom is 0.247 e. The smallest absolute Gasteiger partial charge is 0.247 e. The van der Waals surface area contributed by atoms with Crippen LogP contribution in [0.5, 0.6) is 0 Å². The molecule has 1 fully saturated rings. The molecule has 7 heteroatoms. The van der Waals surface area contributed by atoms with Crippen LogP contribution in [0.2, 0.25) is 5.02 Å². The molecule has 4 nitrogen and oxygen atoms in total. The Bertz CT molecular complexity index is 515. The summed E-state index contributed by atoms with van der Waals surface area (Å²) in [7, 11) is 0. The molecule has 2 rings (SSSR count). The molecule has 96 valence electrons. The Morgan fingerprint density at radius 1 is 1.50 bits per heavy atom. The third kappa shape index (κ3) is 2.22. The third-order valence-electron chi connectivity index (χ3n) is 2.67. The molecule has 0 radical (unpaired) electrons. The number of halogens is 3. The molecule has 18 heavy (non-hydrogen) atoms. The van der Waals surface area contributed by atoms with Crippen LogP contribution in [-0.4, -0.2) is 24.4 Å². The highest BCUT2D eigenvalue weighted by molar-refractivity contribution is 9.10. The van der Waals surface area contributed by atoms with Gasteiger partial charge in [-0.2, -0.15) is 0 Å². The summed E-state index contributed by atoms with van der Waals surface area (Å²) in [6.07, 6.45) is 0. The molecule has 1 aliphatic heterocycles. The minimum absolute atomic E-state index is 0.0803. The highest BCUT2D eigenvalue weighted by Gasteiger charge is 2.34. The number of rotatable bonds is 1. The fourth-order valence-corrected chi connectivity index (χ4v) is 2.85. The summed E-state index contributed by atoms with van der Waals surface area (Å²) in [5, 5.41) is 2.55. The quantitative estimate of drug-likeness (QED) is 0.854. The molecule has 0 bridgehead atoms. The zero-order chi connectivity index (χ0) is 13.4. The highest BCUT2D eigenvalue weighted by atomic mass is 79.9. The Balaban J connectivity index is 2.53. The van der Waals surface area contributed by atoms with Crippen molar-refractivity contribution in [3.63, 3.8) is 0 Å². The minimum Gasteiger partial charge on any atom is -0.345 e. The van der Waals surface area contributed by atoms with Crippen molar-refractivity contribution < 1.29 is 14.0 Å². The van der Waals surface area contributed by atoms with Crippen LogP contribution in [-0.2, 0) is 9.59 Å². The largest absolute Gasteiger partial charge is 0.345 e. The summed E-state index contributed by atoms with van der Waals surface area (Å²) in [6.45, 7) is 1.49. The van der Waals surface area contributed by atoms with E-state index >= 15 is 0 Å². The second kappa shape index (κ2) is 4.85. The summed E-state index contributed by atoms with van der Waals surface area (Å²) < 4.78 is 13.5. The van der Waals surface area contributed by atoms with Gasteiger partial charge in [0.05, 0.1) is 17.3 Å². The first-order valence-corrected chi connectivity index (χ1v) is 6.33. The van der Waals surface area contributed by atoms with Crippen LogP contribution in [0.3, 0.4) is 0 Å². The molecule has 0 saturated carbocycles. The van der Waals surface area contributed by atoms with E-state index in [1.807, 2.05) is 0 Å². The average molecular weight is 336 g/mol. The van der Waals surface area contributed by atoms with Crippen molar-refractivity contribution in [2.45, 2.75) is 13.0 Å². The number of anilines is 1. The molecule has 0 aliphatic carbocycles. The first-order valence-electron chi connectivity index (χ1n) is 5.16. The monoisotopic (exact) mass is 334 g/mol. The maximum absolute atomic E-state index is 13.1. The van der Waals surface area contributed by atoms with Crippen LogP contribution in [0.4, 0.5) is 10.1 Å². The Kier molecular flexibility index (Phi) is 3.59. The molecule has 0 aromatic heterocycles. The molecule has 1 N–H and O–H groups in total. The van der Waals surface area contributed by atoms with Gasteiger partial charge in [-0.25, -0.2) is 4.39 Å². The fraction of sp³-hybridized carbons (Fsp3) is 0.273. The van der Waals surface area contributed by atoms with Crippen LogP contribution in [0, 0.1) is 5.82 Å². The van der Waals surface area contributed by atoms with E-state index in [4.69, 9.17) is 11.6 Å². The summed E-state index contributed by atoms with van der Waals surface area (Å²) in [5.74, 6) is -1.09. The molecule has 1 unspecified atom stereocenters. The van der Waals surface area contributed by atoms with Gasteiger partial charge < -0.3 is 5.32 Å². The standard InChI is InChI=1S/C11H9BrClFN2O2/c1-5-11(18)15-4-9(17)16(5)10-7(12)2-6(14)3-8(10)13/h2-3,5H,4H2,1H3,(H,15,18). The number of benzene rings is 1. The lowest BCUT2D eigenvalue weighted by Gasteiger charge is -2.33. The fourth-order valence-electron chi connectivity index (χ4n) is 1.81. The maximum atomic E-state index is 13.1. The van der Waals surface area contributed by atoms with Gasteiger partial charge in [0.2, 0.25) is 11.8 Å². The van der Waals surface area contributed by atoms with Crippen molar-refractivity contribution in [3.8, 4) is 0 Å². The van der Waals surface area contributed by atoms with Gasteiger partial charge >= 0.3 is 0 Å². The van der Waals surface area contributed by atoms with Gasteiger partial charge in [-0.15, -0.1) is 0 Å². The van der Waals surface area contributed by atoms with Crippen molar-refractivity contribution in [2.24, 2.45) is 0 Å². The minimum atomic E-state index is -0.689. The number of piperazine rings is 1. The number of nitrogens with one attached hydrogen (secondary N) is 1. The van der Waals surface area contributed by atoms with Crippen LogP contribution in [0.25, 0.3) is 0 Å². The number of amides is 2. The molecule has 2 amide bonds. The lowest BCUT2D eigenvalue weighted by atomic mass is 10.1. The summed E-state index contributed by atoms with van der Waals surface area (Å²) in [4.78, 5) is 24.7. The third-order valence-corrected chi connectivity index (χ3v) is 3.56. The molecule has 1 atom stereocenters. The number of carbonyl (C=O) groups excluding carboxylic acids is 2. The summed E-state index contributed by atoms with van der Waals surface area (Å²) in [6, 6.07) is 1.62. The van der Waals surface area contributed by atoms with Crippen LogP contribution in [0.15, 0.2) is 16.6 Å². The van der Waals surface area contributed by atoms with Crippen molar-refractivity contribution in [1.29, 1.82) is 0 Å². The van der Waals surface area contributed by atoms with Gasteiger partial charge in [0, 0.05) is 4.47 Å². The van der Waals surface area contributed by atoms with E-state index in [0.29, 0.717) is 10.2 Å². The van der Waals surface area contributed by atoms with Gasteiger partial charge in [0.1, 0.15) is 11.9 Å². The zero-order valence-electron chi connectivity index (χ0n) is 9.34. The second-order valence-corrected chi connectivity index (χ2v) is 5.14. The second-order valence-electron chi connectivity index (χ2n) is 3.88. The first-order chi connectivity index (χ1) is 8.41. The predicted octanol–water partition coefficient (Wildman–Crippen LogP) is 2.09. The molecule has 1 aliphatic rings. The van der Waals surface area contributed by atoms with Crippen LogP contribution >= 0.6 is 27.5 Å². The Labute approximate surface area is 116 Å². The number of carbonyl (C=O) groups is 2. The van der Waals surface area contributed by atoms with E-state index in [-0.39, 0.29) is 23.4 Å². The van der Waals surface area contributed by atoms with Crippen molar-refractivity contribution >= 4 is 45.0 Å². The van der Waals surface area contributed by atoms with Crippen molar-refractivity contribution in [3.05, 3.63) is 27.4 Å². The molecule has 1 aromatic rings. The molecular weight excluding hydrogens is 326 g/mol. The number of hydrogen-bond donors (Lipinski definition) is 1. The van der Waals surface area contributed by atoms with E-state index in [1.165, 1.54) is 11.0 Å². The van der Waals surface area contributed by atoms with Gasteiger partial charge in [0.15, 0.2) is 0 Å². The molecular formula is C11H9BrClFN2O2. The number of hydrogen-bond acceptors (Lipinski definition) is 2. The first kappa shape index (κ1) is 13.3. The van der Waals surface area contributed by atoms with Gasteiger partial charge in [0.25, 0.3) is 0 Å². The van der Waals surface area contributed by atoms with E-state index in [0.717, 1.165) is 6.07 Å². The molecule has 0 spiro atoms. The van der Waals surface area contributed by atoms with Gasteiger partial charge in [-0.05, 0) is 35.0 Å². The van der Waals surface area contributed by atoms with E-state index in [1.54, 1.807) is 6.92 Å². The number of nitrogens with zero attached hydrogens (tertiary/aromatic N) is 1. The molecule has 1 heterocycles. The highest BCUT2D eigenvalue weighted by Crippen LogP contribution is 2.36. The molecule has 1 aromatic carbocycles. The van der Waals surface area contributed by atoms with Crippen LogP contribution in [0.1, 0.15) is 6.92 Å². The van der Waals surface area contributed by atoms with Crippen molar-refractivity contribution in [2.75, 3.05) is 11.4 Å². The zero-order valence-corrected chi connectivity index (χ0v) is 11.7. The molecule has 1 saturated heterocycles. The Morgan fingerprint density at radius 3 is 2.78 bits per heavy atom. The van der Waals surface area contributed by atoms with E-state index < -0.39 is 11.9 Å². The Hall–Kier alpha value is -1.14. The summed E-state index contributed by atoms with van der Waals surface area (Å²) >= 11 is 9.11. The van der Waals surface area contributed by atoms with Crippen LogP contribution < -0.4 is 10.2 Å². The van der Waals surface area contributed by atoms with Gasteiger partial charge in [-0.1, -0.05) is 11.6 Å². The lowest BCUT2D eigenvalue weighted by Crippen LogP contribution is -2.57. The lowest BCUT2D eigenvalue weighted by molar-refractivity contribution is -0.130. The van der Waals surface area contributed by atoms with Gasteiger partial charge in [-0.3, -0.25) is 14.5 Å². The summed E-state index contributed by atoms with van der Waals surface area (Å²) in [5.41, 5.74) is 0.311. The SMILES string of the molecule is CC1C(=O)NCC(=O)N1c1c(Cl)cc(F)cc1Br. The van der Waals surface area contributed by atoms with Crippen molar-refractivity contribution in [1.82, 2.24) is 5.32 Å². The van der Waals surface area contributed by atoms with E-state index in [9.17, 15) is 14.0 Å². The predicted molar refractivity (Wildman–Crippen MR) is 69.1 cm³/mol. The average Bonchev–Trinajstić information content (AvgIpc) is 2.27. The van der Waals surface area contributed by atoms with E-state index in [2.05, 4.69) is 21.2 Å².